The van der Waals surface area contributed by atoms with E-state index in [2.05, 4.69) is 27.9 Å². The number of thiophene rings is 1. The van der Waals surface area contributed by atoms with Crippen LogP contribution in [0.1, 0.15) is 34.5 Å². The Morgan fingerprint density at radius 1 is 1.39 bits per heavy atom. The Morgan fingerprint density at radius 2 is 2.33 bits per heavy atom. The van der Waals surface area contributed by atoms with Crippen molar-refractivity contribution < 1.29 is 0 Å². The number of aromatic nitrogens is 2. The van der Waals surface area contributed by atoms with Gasteiger partial charge < -0.3 is 9.88 Å². The summed E-state index contributed by atoms with van der Waals surface area (Å²) < 4.78 is 2.18. The van der Waals surface area contributed by atoms with Crippen LogP contribution in [0.3, 0.4) is 0 Å². The van der Waals surface area contributed by atoms with Gasteiger partial charge in [0.2, 0.25) is 0 Å². The van der Waals surface area contributed by atoms with Gasteiger partial charge in [0.05, 0.1) is 6.54 Å². The normalized spacial score (nSPS) is 14.1. The van der Waals surface area contributed by atoms with Crippen LogP contribution >= 0.6 is 11.3 Å². The molecule has 2 heterocycles. The summed E-state index contributed by atoms with van der Waals surface area (Å²) in [7, 11) is 0. The zero-order valence-corrected chi connectivity index (χ0v) is 11.6. The molecule has 0 saturated heterocycles. The maximum absolute atomic E-state index is 4.37. The molecule has 0 unspecified atom stereocenters. The largest absolute Gasteiger partial charge is 0.334 e. The van der Waals surface area contributed by atoms with E-state index >= 15 is 0 Å². The van der Waals surface area contributed by atoms with E-state index in [4.69, 9.17) is 0 Å². The first-order chi connectivity index (χ1) is 8.86. The molecule has 0 aliphatic heterocycles. The third-order valence-corrected chi connectivity index (χ3v) is 4.76. The fourth-order valence-corrected chi connectivity index (χ4v) is 3.80. The fourth-order valence-electron chi connectivity index (χ4n) is 2.57. The van der Waals surface area contributed by atoms with Crippen LogP contribution in [0.4, 0.5) is 0 Å². The molecular formula is C14H19N3S. The number of hydrogen-bond acceptors (Lipinski definition) is 3. The van der Waals surface area contributed by atoms with Crippen molar-refractivity contribution in [1.82, 2.24) is 14.9 Å². The third-order valence-electron chi connectivity index (χ3n) is 3.52. The van der Waals surface area contributed by atoms with Crippen LogP contribution in [0, 0.1) is 0 Å². The van der Waals surface area contributed by atoms with Crippen molar-refractivity contribution >= 4 is 11.3 Å². The minimum atomic E-state index is 0.851. The quantitative estimate of drug-likeness (QED) is 0.897. The lowest BCUT2D eigenvalue weighted by Gasteiger charge is -2.05. The summed E-state index contributed by atoms with van der Waals surface area (Å²) in [6.45, 7) is 4.96. The summed E-state index contributed by atoms with van der Waals surface area (Å²) in [5, 5.41) is 3.49. The first kappa shape index (κ1) is 11.9. The van der Waals surface area contributed by atoms with Crippen molar-refractivity contribution in [1.29, 1.82) is 0 Å². The Bertz CT molecular complexity index is 505. The second-order valence-electron chi connectivity index (χ2n) is 4.75. The molecule has 4 heteroatoms. The van der Waals surface area contributed by atoms with Crippen LogP contribution in [0.15, 0.2) is 18.5 Å². The molecule has 3 rings (SSSR count). The average Bonchev–Trinajstić information content (AvgIpc) is 3.02. The maximum atomic E-state index is 4.37. The second-order valence-corrected chi connectivity index (χ2v) is 5.97. The summed E-state index contributed by atoms with van der Waals surface area (Å²) in [5.41, 5.74) is 1.59. The molecule has 0 aromatic carbocycles. The van der Waals surface area contributed by atoms with Crippen molar-refractivity contribution in [2.24, 2.45) is 0 Å². The summed E-state index contributed by atoms with van der Waals surface area (Å²) >= 11 is 1.98. The molecule has 3 nitrogen and oxygen atoms in total. The number of nitrogens with zero attached hydrogens (tertiary/aromatic N) is 2. The Hall–Kier alpha value is -1.13. The van der Waals surface area contributed by atoms with Gasteiger partial charge in [-0.3, -0.25) is 0 Å². The Balaban J connectivity index is 1.55. The van der Waals surface area contributed by atoms with E-state index in [1.54, 1.807) is 10.4 Å². The van der Waals surface area contributed by atoms with Gasteiger partial charge in [-0.2, -0.15) is 0 Å². The lowest BCUT2D eigenvalue weighted by Crippen LogP contribution is -2.15. The van der Waals surface area contributed by atoms with Crippen molar-refractivity contribution in [2.75, 3.05) is 0 Å². The Kier molecular flexibility index (Phi) is 3.48. The summed E-state index contributed by atoms with van der Waals surface area (Å²) in [5.74, 6) is 1.13. The van der Waals surface area contributed by atoms with Crippen LogP contribution in [-0.2, 0) is 32.5 Å². The van der Waals surface area contributed by atoms with E-state index in [1.807, 2.05) is 23.7 Å². The molecule has 0 radical (unpaired) electrons. The lowest BCUT2D eigenvalue weighted by atomic mass is 10.2. The van der Waals surface area contributed by atoms with E-state index in [0.717, 1.165) is 25.5 Å². The molecule has 0 amide bonds. The van der Waals surface area contributed by atoms with Crippen molar-refractivity contribution in [3.05, 3.63) is 39.6 Å². The smallest absolute Gasteiger partial charge is 0.122 e. The van der Waals surface area contributed by atoms with Gasteiger partial charge in [-0.25, -0.2) is 4.98 Å². The molecule has 1 aliphatic rings. The first-order valence-corrected chi connectivity index (χ1v) is 7.49. The van der Waals surface area contributed by atoms with Crippen LogP contribution in [0.25, 0.3) is 0 Å². The second kappa shape index (κ2) is 5.24. The molecule has 2 aromatic heterocycles. The molecule has 1 aliphatic carbocycles. The monoisotopic (exact) mass is 261 g/mol. The number of hydrogen-bond donors (Lipinski definition) is 1. The zero-order valence-electron chi connectivity index (χ0n) is 10.8. The molecule has 0 bridgehead atoms. The predicted molar refractivity (Wildman–Crippen MR) is 74.8 cm³/mol. The minimum Gasteiger partial charge on any atom is -0.334 e. The van der Waals surface area contributed by atoms with Gasteiger partial charge in [0.25, 0.3) is 0 Å². The molecule has 96 valence electrons. The van der Waals surface area contributed by atoms with Gasteiger partial charge in [0.15, 0.2) is 0 Å². The van der Waals surface area contributed by atoms with Crippen LogP contribution in [-0.4, -0.2) is 9.55 Å². The lowest BCUT2D eigenvalue weighted by molar-refractivity contribution is 0.616. The van der Waals surface area contributed by atoms with E-state index in [1.165, 1.54) is 24.1 Å². The topological polar surface area (TPSA) is 29.9 Å². The summed E-state index contributed by atoms with van der Waals surface area (Å²) in [4.78, 5) is 7.45. The zero-order chi connectivity index (χ0) is 12.4. The van der Waals surface area contributed by atoms with Crippen LogP contribution in [0.5, 0.6) is 0 Å². The Labute approximate surface area is 112 Å². The van der Waals surface area contributed by atoms with Gasteiger partial charge in [0.1, 0.15) is 5.82 Å². The molecular weight excluding hydrogens is 242 g/mol. The number of fused-ring (bicyclic) bond motifs is 1. The number of imidazole rings is 1. The summed E-state index contributed by atoms with van der Waals surface area (Å²) in [6, 6.07) is 2.38. The number of aryl methyl sites for hydroxylation is 3. The summed E-state index contributed by atoms with van der Waals surface area (Å²) in [6.07, 6.45) is 7.84. The van der Waals surface area contributed by atoms with Crippen molar-refractivity contribution in [3.8, 4) is 0 Å². The van der Waals surface area contributed by atoms with Crippen LogP contribution < -0.4 is 5.32 Å². The number of rotatable bonds is 5. The average molecular weight is 261 g/mol. The SMILES string of the molecule is CCn1ccnc1CNCc1cc2c(s1)CCC2. The maximum Gasteiger partial charge on any atom is 0.122 e. The molecule has 18 heavy (non-hydrogen) atoms. The highest BCUT2D eigenvalue weighted by atomic mass is 32.1. The Morgan fingerprint density at radius 3 is 3.17 bits per heavy atom. The van der Waals surface area contributed by atoms with E-state index in [0.29, 0.717) is 0 Å². The highest BCUT2D eigenvalue weighted by Gasteiger charge is 2.14. The minimum absolute atomic E-state index is 0.851. The van der Waals surface area contributed by atoms with Crippen molar-refractivity contribution in [2.45, 2.75) is 45.8 Å². The number of nitrogens with one attached hydrogen (secondary N) is 1. The van der Waals surface area contributed by atoms with Crippen LogP contribution in [0.2, 0.25) is 0 Å². The molecule has 0 fully saturated rings. The highest BCUT2D eigenvalue weighted by Crippen LogP contribution is 2.30. The van der Waals surface area contributed by atoms with E-state index in [9.17, 15) is 0 Å². The fraction of sp³-hybridized carbons (Fsp3) is 0.500. The van der Waals surface area contributed by atoms with E-state index in [-0.39, 0.29) is 0 Å². The standard InChI is InChI=1S/C14H19N3S/c1-2-17-7-6-16-14(17)10-15-9-12-8-11-4-3-5-13(11)18-12/h6-8,15H,2-5,9-10H2,1H3. The van der Waals surface area contributed by atoms with Gasteiger partial charge in [-0.1, -0.05) is 0 Å². The first-order valence-electron chi connectivity index (χ1n) is 6.68. The predicted octanol–water partition coefficient (Wildman–Crippen LogP) is 2.74. The molecule has 2 aromatic rings. The molecule has 0 spiro atoms. The molecule has 1 N–H and O–H groups in total. The van der Waals surface area contributed by atoms with Crippen molar-refractivity contribution in [3.63, 3.8) is 0 Å². The van der Waals surface area contributed by atoms with E-state index < -0.39 is 0 Å². The van der Waals surface area contributed by atoms with Gasteiger partial charge in [0, 0.05) is 35.2 Å². The third kappa shape index (κ3) is 2.35. The van der Waals surface area contributed by atoms with Gasteiger partial charge in [-0.05, 0) is 37.8 Å². The highest BCUT2D eigenvalue weighted by molar-refractivity contribution is 7.12. The van der Waals surface area contributed by atoms with Gasteiger partial charge in [-0.15, -0.1) is 11.3 Å². The van der Waals surface area contributed by atoms with Gasteiger partial charge >= 0.3 is 0 Å². The molecule has 0 saturated carbocycles. The molecule has 0 atom stereocenters.